The summed E-state index contributed by atoms with van der Waals surface area (Å²) in [6, 6.07) is 6.83. The molecule has 6 heteroatoms. The number of rotatable bonds is 7. The van der Waals surface area contributed by atoms with Gasteiger partial charge in [-0.1, -0.05) is 13.8 Å². The van der Waals surface area contributed by atoms with Crippen LogP contribution in [0.15, 0.2) is 29.2 Å². The molecule has 0 aliphatic carbocycles. The molecule has 0 spiro atoms. The Kier molecular flexibility index (Phi) is 5.98. The first-order chi connectivity index (χ1) is 9.23. The summed E-state index contributed by atoms with van der Waals surface area (Å²) in [6.45, 7) is 4.96. The molecule has 1 unspecified atom stereocenters. The molecule has 20 heavy (non-hydrogen) atoms. The van der Waals surface area contributed by atoms with Gasteiger partial charge in [0.1, 0.15) is 0 Å². The lowest BCUT2D eigenvalue weighted by Gasteiger charge is -2.16. The molecule has 1 aromatic carbocycles. The van der Waals surface area contributed by atoms with Crippen LogP contribution in [0.25, 0.3) is 0 Å². The number of sulfonamides is 1. The highest BCUT2D eigenvalue weighted by atomic mass is 32.2. The molecule has 0 saturated heterocycles. The zero-order valence-corrected chi connectivity index (χ0v) is 13.4. The highest BCUT2D eigenvalue weighted by Crippen LogP contribution is 2.16. The van der Waals surface area contributed by atoms with E-state index in [1.54, 1.807) is 24.3 Å². The summed E-state index contributed by atoms with van der Waals surface area (Å²) in [7, 11) is -0.319. The summed E-state index contributed by atoms with van der Waals surface area (Å²) in [5.41, 5.74) is 6.87. The van der Waals surface area contributed by atoms with Crippen LogP contribution in [-0.2, 0) is 10.0 Å². The Bertz CT molecular complexity index is 510. The van der Waals surface area contributed by atoms with Crippen LogP contribution < -0.4 is 11.1 Å². The molecular formula is C14H25N3O2S. The first-order valence-corrected chi connectivity index (χ1v) is 8.19. The summed E-state index contributed by atoms with van der Waals surface area (Å²) in [4.78, 5) is 0.291. The Morgan fingerprint density at radius 3 is 2.20 bits per heavy atom. The molecule has 5 nitrogen and oxygen atoms in total. The lowest BCUT2D eigenvalue weighted by molar-refractivity contribution is 0.508. The van der Waals surface area contributed by atoms with Crippen molar-refractivity contribution < 1.29 is 8.42 Å². The van der Waals surface area contributed by atoms with Gasteiger partial charge in [0.05, 0.1) is 4.90 Å². The molecule has 0 fully saturated rings. The summed E-state index contributed by atoms with van der Waals surface area (Å²) in [6.07, 6.45) is 0.958. The van der Waals surface area contributed by atoms with Crippen LogP contribution in [-0.4, -0.2) is 39.4 Å². The van der Waals surface area contributed by atoms with Crippen LogP contribution in [0, 0.1) is 5.92 Å². The molecule has 0 saturated carbocycles. The number of hydrogen-bond acceptors (Lipinski definition) is 4. The lowest BCUT2D eigenvalue weighted by Crippen LogP contribution is -2.30. The Labute approximate surface area is 122 Å². The normalized spacial score (nSPS) is 13.8. The summed E-state index contributed by atoms with van der Waals surface area (Å²) < 4.78 is 25.0. The minimum atomic E-state index is -3.36. The van der Waals surface area contributed by atoms with Crippen molar-refractivity contribution in [3.05, 3.63) is 24.3 Å². The van der Waals surface area contributed by atoms with E-state index in [9.17, 15) is 8.42 Å². The minimum absolute atomic E-state index is 0.0974. The molecular weight excluding hydrogens is 274 g/mol. The second-order valence-corrected chi connectivity index (χ2v) is 7.73. The molecule has 1 rings (SSSR count). The first-order valence-electron chi connectivity index (χ1n) is 6.75. The Balaban J connectivity index is 2.64. The Morgan fingerprint density at radius 1 is 1.20 bits per heavy atom. The van der Waals surface area contributed by atoms with E-state index in [0.29, 0.717) is 17.4 Å². The van der Waals surface area contributed by atoms with Gasteiger partial charge >= 0.3 is 0 Å². The SMILES string of the molecule is CC(C)CC(N)CNc1ccc(S(=O)(=O)N(C)C)cc1. The number of nitrogens with two attached hydrogens (primary N) is 1. The second kappa shape index (κ2) is 7.06. The molecule has 0 aromatic heterocycles. The second-order valence-electron chi connectivity index (χ2n) is 5.58. The molecule has 1 atom stereocenters. The highest BCUT2D eigenvalue weighted by Gasteiger charge is 2.16. The third-order valence-corrected chi connectivity index (χ3v) is 4.80. The smallest absolute Gasteiger partial charge is 0.242 e. The van der Waals surface area contributed by atoms with Crippen molar-refractivity contribution in [2.24, 2.45) is 11.7 Å². The fraction of sp³-hybridized carbons (Fsp3) is 0.571. The van der Waals surface area contributed by atoms with E-state index in [-0.39, 0.29) is 6.04 Å². The number of nitrogens with zero attached hydrogens (tertiary/aromatic N) is 1. The van der Waals surface area contributed by atoms with E-state index in [0.717, 1.165) is 12.1 Å². The van der Waals surface area contributed by atoms with Crippen molar-refractivity contribution in [2.45, 2.75) is 31.2 Å². The van der Waals surface area contributed by atoms with Crippen LogP contribution in [0.5, 0.6) is 0 Å². The fourth-order valence-corrected chi connectivity index (χ4v) is 2.80. The number of hydrogen-bond donors (Lipinski definition) is 2. The van der Waals surface area contributed by atoms with Crippen molar-refractivity contribution in [3.8, 4) is 0 Å². The minimum Gasteiger partial charge on any atom is -0.383 e. The summed E-state index contributed by atoms with van der Waals surface area (Å²) in [5, 5.41) is 3.22. The average molecular weight is 299 g/mol. The molecule has 0 heterocycles. The summed E-state index contributed by atoms with van der Waals surface area (Å²) in [5.74, 6) is 0.569. The average Bonchev–Trinajstić information content (AvgIpc) is 2.36. The predicted octanol–water partition coefficient (Wildman–Crippen LogP) is 1.72. The van der Waals surface area contributed by atoms with Gasteiger partial charge in [-0.15, -0.1) is 0 Å². The zero-order valence-electron chi connectivity index (χ0n) is 12.6. The quantitative estimate of drug-likeness (QED) is 0.804. The third kappa shape index (κ3) is 4.77. The van der Waals surface area contributed by atoms with Gasteiger partial charge in [-0.3, -0.25) is 0 Å². The van der Waals surface area contributed by atoms with Crippen LogP contribution in [0.4, 0.5) is 5.69 Å². The number of benzene rings is 1. The highest BCUT2D eigenvalue weighted by molar-refractivity contribution is 7.89. The molecule has 1 aromatic rings. The van der Waals surface area contributed by atoms with Crippen LogP contribution in [0.2, 0.25) is 0 Å². The maximum atomic E-state index is 11.9. The van der Waals surface area contributed by atoms with E-state index < -0.39 is 10.0 Å². The topological polar surface area (TPSA) is 75.4 Å². The lowest BCUT2D eigenvalue weighted by atomic mass is 10.0. The van der Waals surface area contributed by atoms with E-state index >= 15 is 0 Å². The molecule has 114 valence electrons. The molecule has 0 radical (unpaired) electrons. The largest absolute Gasteiger partial charge is 0.383 e. The third-order valence-electron chi connectivity index (χ3n) is 2.98. The van der Waals surface area contributed by atoms with Gasteiger partial charge in [-0.05, 0) is 36.6 Å². The maximum absolute atomic E-state index is 11.9. The van der Waals surface area contributed by atoms with Gasteiger partial charge < -0.3 is 11.1 Å². The van der Waals surface area contributed by atoms with Crippen molar-refractivity contribution >= 4 is 15.7 Å². The van der Waals surface area contributed by atoms with Crippen LogP contribution in [0.3, 0.4) is 0 Å². The molecule has 0 aliphatic heterocycles. The maximum Gasteiger partial charge on any atom is 0.242 e. The first kappa shape index (κ1) is 16.9. The molecule has 0 bridgehead atoms. The molecule has 3 N–H and O–H groups in total. The van der Waals surface area contributed by atoms with Crippen molar-refractivity contribution in [2.75, 3.05) is 26.0 Å². The Morgan fingerprint density at radius 2 is 1.75 bits per heavy atom. The van der Waals surface area contributed by atoms with Gasteiger partial charge in [-0.25, -0.2) is 12.7 Å². The number of anilines is 1. The van der Waals surface area contributed by atoms with Crippen molar-refractivity contribution in [3.63, 3.8) is 0 Å². The summed E-state index contributed by atoms with van der Waals surface area (Å²) >= 11 is 0. The van der Waals surface area contributed by atoms with Gasteiger partial charge in [0.2, 0.25) is 10.0 Å². The molecule has 0 aliphatic rings. The van der Waals surface area contributed by atoms with Gasteiger partial charge in [0.15, 0.2) is 0 Å². The fourth-order valence-electron chi connectivity index (χ4n) is 1.89. The zero-order chi connectivity index (χ0) is 15.3. The number of nitrogens with one attached hydrogen (secondary N) is 1. The van der Waals surface area contributed by atoms with Crippen LogP contribution >= 0.6 is 0 Å². The van der Waals surface area contributed by atoms with Gasteiger partial charge in [0.25, 0.3) is 0 Å². The Hall–Kier alpha value is -1.11. The van der Waals surface area contributed by atoms with Gasteiger partial charge in [-0.2, -0.15) is 0 Å². The van der Waals surface area contributed by atoms with Crippen molar-refractivity contribution in [1.29, 1.82) is 0 Å². The van der Waals surface area contributed by atoms with E-state index in [1.807, 2.05) is 0 Å². The van der Waals surface area contributed by atoms with E-state index in [4.69, 9.17) is 5.73 Å². The molecule has 0 amide bonds. The predicted molar refractivity (Wildman–Crippen MR) is 83.2 cm³/mol. The van der Waals surface area contributed by atoms with Crippen LogP contribution in [0.1, 0.15) is 20.3 Å². The van der Waals surface area contributed by atoms with Crippen molar-refractivity contribution in [1.82, 2.24) is 4.31 Å². The monoisotopic (exact) mass is 299 g/mol. The van der Waals surface area contributed by atoms with E-state index in [2.05, 4.69) is 19.2 Å². The van der Waals surface area contributed by atoms with E-state index in [1.165, 1.54) is 18.4 Å². The van der Waals surface area contributed by atoms with Gasteiger partial charge in [0, 0.05) is 32.4 Å². The standard InChI is InChI=1S/C14H25N3O2S/c1-11(2)9-12(15)10-16-13-5-7-14(8-6-13)20(18,19)17(3)4/h5-8,11-12,16H,9-10,15H2,1-4H3.